The minimum absolute atomic E-state index is 0.0433. The summed E-state index contributed by atoms with van der Waals surface area (Å²) >= 11 is 0. The molecule has 5 nitrogen and oxygen atoms in total. The van der Waals surface area contributed by atoms with Crippen LogP contribution in [0.25, 0.3) is 0 Å². The normalized spacial score (nSPS) is 22.4. The first kappa shape index (κ1) is 14.9. The number of amides is 1. The SMILES string of the molecule is C[NH+](CC(=O)Nc1cccc(F)c1)[C@@H]1CCS(=O)(=O)C1. The molecular weight excluding hydrogens is 283 g/mol. The van der Waals surface area contributed by atoms with Crippen molar-refractivity contribution in [3.8, 4) is 0 Å². The van der Waals surface area contributed by atoms with Crippen LogP contribution < -0.4 is 10.2 Å². The molecule has 1 heterocycles. The fourth-order valence-electron chi connectivity index (χ4n) is 2.35. The number of hydrogen-bond acceptors (Lipinski definition) is 3. The average molecular weight is 301 g/mol. The molecule has 0 aromatic heterocycles. The highest BCUT2D eigenvalue weighted by atomic mass is 32.2. The summed E-state index contributed by atoms with van der Waals surface area (Å²) in [5.74, 6) is -0.338. The van der Waals surface area contributed by atoms with E-state index < -0.39 is 15.7 Å². The quantitative estimate of drug-likeness (QED) is 0.785. The van der Waals surface area contributed by atoms with Gasteiger partial charge in [0, 0.05) is 12.1 Å². The summed E-state index contributed by atoms with van der Waals surface area (Å²) in [5, 5.41) is 2.61. The maximum atomic E-state index is 13.0. The van der Waals surface area contributed by atoms with Crippen molar-refractivity contribution in [2.45, 2.75) is 12.5 Å². The van der Waals surface area contributed by atoms with E-state index in [1.54, 1.807) is 13.1 Å². The molecule has 2 atom stereocenters. The lowest BCUT2D eigenvalue weighted by atomic mass is 10.2. The van der Waals surface area contributed by atoms with E-state index in [9.17, 15) is 17.6 Å². The number of halogens is 1. The van der Waals surface area contributed by atoms with Crippen LogP contribution in [0.15, 0.2) is 24.3 Å². The fourth-order valence-corrected chi connectivity index (χ4v) is 4.23. The summed E-state index contributed by atoms with van der Waals surface area (Å²) in [6, 6.07) is 5.63. The smallest absolute Gasteiger partial charge is 0.279 e. The van der Waals surface area contributed by atoms with Crippen LogP contribution in [0, 0.1) is 5.82 Å². The minimum Gasteiger partial charge on any atom is -0.326 e. The summed E-state index contributed by atoms with van der Waals surface area (Å²) in [7, 11) is -1.14. The molecule has 0 bridgehead atoms. The number of anilines is 1. The third-order valence-corrected chi connectivity index (χ3v) is 5.25. The zero-order valence-electron chi connectivity index (χ0n) is 11.2. The molecular formula is C13H18FN2O3S+. The Labute approximate surface area is 117 Å². The molecule has 0 aliphatic carbocycles. The third kappa shape index (κ3) is 4.01. The maximum absolute atomic E-state index is 13.0. The van der Waals surface area contributed by atoms with Crippen molar-refractivity contribution < 1.29 is 22.5 Å². The van der Waals surface area contributed by atoms with Crippen LogP contribution in [0.5, 0.6) is 0 Å². The van der Waals surface area contributed by atoms with Crippen LogP contribution in [0.1, 0.15) is 6.42 Å². The van der Waals surface area contributed by atoms with E-state index in [4.69, 9.17) is 0 Å². The molecule has 1 aliphatic rings. The van der Waals surface area contributed by atoms with Gasteiger partial charge in [0.05, 0.1) is 12.8 Å². The topological polar surface area (TPSA) is 67.7 Å². The Kier molecular flexibility index (Phi) is 4.39. The Balaban J connectivity index is 1.88. The molecule has 1 saturated heterocycles. The molecule has 1 aromatic rings. The van der Waals surface area contributed by atoms with Crippen LogP contribution in [-0.2, 0) is 14.6 Å². The summed E-state index contributed by atoms with van der Waals surface area (Å²) in [6.45, 7) is 0.163. The van der Waals surface area contributed by atoms with Crippen molar-refractivity contribution in [1.82, 2.24) is 0 Å². The van der Waals surface area contributed by atoms with Gasteiger partial charge in [0.15, 0.2) is 16.4 Å². The van der Waals surface area contributed by atoms with E-state index in [1.165, 1.54) is 18.2 Å². The van der Waals surface area contributed by atoms with Crippen molar-refractivity contribution in [1.29, 1.82) is 0 Å². The minimum atomic E-state index is -2.94. The lowest BCUT2D eigenvalue weighted by Crippen LogP contribution is -3.14. The Bertz CT molecular complexity index is 603. The average Bonchev–Trinajstić information content (AvgIpc) is 2.69. The van der Waals surface area contributed by atoms with Gasteiger partial charge in [0.2, 0.25) is 0 Å². The second-order valence-electron chi connectivity index (χ2n) is 5.18. The van der Waals surface area contributed by atoms with Gasteiger partial charge >= 0.3 is 0 Å². The van der Waals surface area contributed by atoms with Gasteiger partial charge in [-0.1, -0.05) is 6.07 Å². The zero-order valence-corrected chi connectivity index (χ0v) is 12.0. The molecule has 2 rings (SSSR count). The Morgan fingerprint density at radius 1 is 1.50 bits per heavy atom. The number of carbonyl (C=O) groups excluding carboxylic acids is 1. The zero-order chi connectivity index (χ0) is 14.8. The molecule has 110 valence electrons. The van der Waals surface area contributed by atoms with E-state index in [0.717, 1.165) is 4.90 Å². The van der Waals surface area contributed by atoms with Gasteiger partial charge in [-0.15, -0.1) is 0 Å². The Morgan fingerprint density at radius 3 is 2.85 bits per heavy atom. The molecule has 0 radical (unpaired) electrons. The molecule has 1 fully saturated rings. The highest BCUT2D eigenvalue weighted by Gasteiger charge is 2.34. The Hall–Kier alpha value is -1.47. The predicted molar refractivity (Wildman–Crippen MR) is 73.8 cm³/mol. The lowest BCUT2D eigenvalue weighted by molar-refractivity contribution is -0.894. The fraction of sp³-hybridized carbons (Fsp3) is 0.462. The molecule has 0 spiro atoms. The molecule has 1 aromatic carbocycles. The standard InChI is InChI=1S/C13H17FN2O3S/c1-16(12-5-6-20(18,19)9-12)8-13(17)15-11-4-2-3-10(14)7-11/h2-4,7,12H,5-6,8-9H2,1H3,(H,15,17)/p+1/t12-/m1/s1. The van der Waals surface area contributed by atoms with E-state index >= 15 is 0 Å². The van der Waals surface area contributed by atoms with Crippen molar-refractivity contribution in [2.75, 3.05) is 30.4 Å². The first-order valence-electron chi connectivity index (χ1n) is 6.44. The van der Waals surface area contributed by atoms with E-state index in [1.807, 2.05) is 0 Å². The number of quaternary nitrogens is 1. The molecule has 1 unspecified atom stereocenters. The predicted octanol–water partition coefficient (Wildman–Crippen LogP) is -0.534. The second-order valence-corrected chi connectivity index (χ2v) is 7.41. The summed E-state index contributed by atoms with van der Waals surface area (Å²) < 4.78 is 35.8. The van der Waals surface area contributed by atoms with Gasteiger partial charge in [0.25, 0.3) is 5.91 Å². The molecule has 7 heteroatoms. The molecule has 1 amide bonds. The van der Waals surface area contributed by atoms with Gasteiger partial charge in [0.1, 0.15) is 17.6 Å². The number of benzene rings is 1. The van der Waals surface area contributed by atoms with Gasteiger partial charge in [-0.3, -0.25) is 4.79 Å². The van der Waals surface area contributed by atoms with Crippen LogP contribution in [0.3, 0.4) is 0 Å². The lowest BCUT2D eigenvalue weighted by Gasteiger charge is -2.19. The summed E-state index contributed by atoms with van der Waals surface area (Å²) in [6.07, 6.45) is 0.585. The second kappa shape index (κ2) is 5.88. The van der Waals surface area contributed by atoms with Gasteiger partial charge in [-0.25, -0.2) is 12.8 Å². The molecule has 0 saturated carbocycles. The third-order valence-electron chi connectivity index (χ3n) is 3.48. The van der Waals surface area contributed by atoms with Crippen LogP contribution in [0.4, 0.5) is 10.1 Å². The number of hydrogen-bond donors (Lipinski definition) is 2. The van der Waals surface area contributed by atoms with E-state index in [-0.39, 0.29) is 30.0 Å². The van der Waals surface area contributed by atoms with Crippen molar-refractivity contribution in [3.05, 3.63) is 30.1 Å². The summed E-state index contributed by atoms with van der Waals surface area (Å²) in [4.78, 5) is 12.7. The highest BCUT2D eigenvalue weighted by Crippen LogP contribution is 2.09. The van der Waals surface area contributed by atoms with Crippen LogP contribution >= 0.6 is 0 Å². The van der Waals surface area contributed by atoms with Gasteiger partial charge in [-0.2, -0.15) is 0 Å². The van der Waals surface area contributed by atoms with Crippen LogP contribution in [-0.4, -0.2) is 45.5 Å². The first-order chi connectivity index (χ1) is 9.35. The molecule has 1 aliphatic heterocycles. The Morgan fingerprint density at radius 2 is 2.25 bits per heavy atom. The molecule has 2 N–H and O–H groups in total. The number of nitrogens with one attached hydrogen (secondary N) is 2. The van der Waals surface area contributed by atoms with Crippen molar-refractivity contribution in [3.63, 3.8) is 0 Å². The van der Waals surface area contributed by atoms with Crippen LogP contribution in [0.2, 0.25) is 0 Å². The van der Waals surface area contributed by atoms with E-state index in [0.29, 0.717) is 12.1 Å². The summed E-state index contributed by atoms with van der Waals surface area (Å²) in [5.41, 5.74) is 0.404. The van der Waals surface area contributed by atoms with Gasteiger partial charge in [-0.05, 0) is 18.2 Å². The highest BCUT2D eigenvalue weighted by molar-refractivity contribution is 7.91. The number of sulfone groups is 1. The van der Waals surface area contributed by atoms with Crippen molar-refractivity contribution >= 4 is 21.4 Å². The number of likely N-dealkylation sites (N-methyl/N-ethyl adjacent to an activating group) is 1. The van der Waals surface area contributed by atoms with Gasteiger partial charge < -0.3 is 10.2 Å². The number of carbonyl (C=O) groups is 1. The van der Waals surface area contributed by atoms with E-state index in [2.05, 4.69) is 5.32 Å². The monoisotopic (exact) mass is 301 g/mol. The van der Waals surface area contributed by atoms with Crippen molar-refractivity contribution in [2.24, 2.45) is 0 Å². The molecule has 20 heavy (non-hydrogen) atoms. The number of rotatable bonds is 4. The first-order valence-corrected chi connectivity index (χ1v) is 8.26. The maximum Gasteiger partial charge on any atom is 0.279 e. The largest absolute Gasteiger partial charge is 0.326 e.